The standard InChI is InChI=1S/C21H19NO4/c1-26-20-13-17(22-16-5-3-2-4-6-16)9-8-15(20)11-14-7-10-19(23)18(12-14)21(24)25/h2-10,12-13,22-23H,11H2,1H3,(H,24,25). The number of benzene rings is 3. The average molecular weight is 349 g/mol. The van der Waals surface area contributed by atoms with Crippen molar-refractivity contribution in [3.05, 3.63) is 83.4 Å². The van der Waals surface area contributed by atoms with E-state index in [0.29, 0.717) is 12.2 Å². The maximum absolute atomic E-state index is 11.2. The molecule has 0 aliphatic rings. The Morgan fingerprint density at radius 3 is 2.46 bits per heavy atom. The van der Waals surface area contributed by atoms with Crippen molar-refractivity contribution in [1.29, 1.82) is 0 Å². The SMILES string of the molecule is COc1cc(Nc2ccccc2)ccc1Cc1ccc(O)c(C(=O)O)c1. The van der Waals surface area contributed by atoms with E-state index < -0.39 is 5.97 Å². The molecule has 5 nitrogen and oxygen atoms in total. The van der Waals surface area contributed by atoms with E-state index in [-0.39, 0.29) is 11.3 Å². The Kier molecular flexibility index (Phi) is 5.08. The Balaban J connectivity index is 1.84. The molecule has 3 aromatic carbocycles. The van der Waals surface area contributed by atoms with Gasteiger partial charge in [-0.3, -0.25) is 0 Å². The Labute approximate surface area is 151 Å². The zero-order valence-electron chi connectivity index (χ0n) is 14.3. The second kappa shape index (κ2) is 7.61. The molecule has 0 saturated carbocycles. The summed E-state index contributed by atoms with van der Waals surface area (Å²) in [7, 11) is 1.60. The first kappa shape index (κ1) is 17.4. The lowest BCUT2D eigenvalue weighted by molar-refractivity contribution is 0.0693. The molecule has 132 valence electrons. The molecule has 0 unspecified atom stereocenters. The number of methoxy groups -OCH3 is 1. The highest BCUT2D eigenvalue weighted by atomic mass is 16.5. The zero-order valence-corrected chi connectivity index (χ0v) is 14.3. The molecule has 0 heterocycles. The van der Waals surface area contributed by atoms with Gasteiger partial charge < -0.3 is 20.3 Å². The first-order valence-corrected chi connectivity index (χ1v) is 8.11. The predicted molar refractivity (Wildman–Crippen MR) is 101 cm³/mol. The lowest BCUT2D eigenvalue weighted by atomic mass is 10.0. The summed E-state index contributed by atoms with van der Waals surface area (Å²) in [5, 5.41) is 22.1. The average Bonchev–Trinajstić information content (AvgIpc) is 2.65. The number of ether oxygens (including phenoxy) is 1. The van der Waals surface area contributed by atoms with E-state index in [2.05, 4.69) is 5.32 Å². The number of aromatic carboxylic acids is 1. The molecule has 0 radical (unpaired) electrons. The second-order valence-corrected chi connectivity index (χ2v) is 5.85. The predicted octanol–water partition coefficient (Wildman–Crippen LogP) is 4.43. The number of carboxylic acid groups (broad SMARTS) is 1. The van der Waals surface area contributed by atoms with Crippen LogP contribution in [-0.2, 0) is 6.42 Å². The fraction of sp³-hybridized carbons (Fsp3) is 0.0952. The van der Waals surface area contributed by atoms with Gasteiger partial charge in [0.2, 0.25) is 0 Å². The van der Waals surface area contributed by atoms with Crippen molar-refractivity contribution in [2.75, 3.05) is 12.4 Å². The first-order valence-electron chi connectivity index (χ1n) is 8.11. The fourth-order valence-corrected chi connectivity index (χ4v) is 2.74. The van der Waals surface area contributed by atoms with Gasteiger partial charge in [0.1, 0.15) is 17.1 Å². The van der Waals surface area contributed by atoms with Crippen molar-refractivity contribution in [2.24, 2.45) is 0 Å². The molecule has 5 heteroatoms. The highest BCUT2D eigenvalue weighted by molar-refractivity contribution is 5.91. The number of aromatic hydroxyl groups is 1. The number of hydrogen-bond acceptors (Lipinski definition) is 4. The molecule has 3 N–H and O–H groups in total. The molecular formula is C21H19NO4. The van der Waals surface area contributed by atoms with Gasteiger partial charge in [0.25, 0.3) is 0 Å². The molecule has 26 heavy (non-hydrogen) atoms. The molecule has 0 bridgehead atoms. The van der Waals surface area contributed by atoms with Crippen molar-refractivity contribution in [3.63, 3.8) is 0 Å². The lowest BCUT2D eigenvalue weighted by Crippen LogP contribution is -2.00. The van der Waals surface area contributed by atoms with Crippen molar-refractivity contribution in [1.82, 2.24) is 0 Å². The van der Waals surface area contributed by atoms with Crippen LogP contribution in [0.4, 0.5) is 11.4 Å². The first-order chi connectivity index (χ1) is 12.6. The highest BCUT2D eigenvalue weighted by Crippen LogP contribution is 2.28. The number of carbonyl (C=O) groups is 1. The maximum Gasteiger partial charge on any atom is 0.339 e. The molecule has 3 aromatic rings. The second-order valence-electron chi connectivity index (χ2n) is 5.85. The topological polar surface area (TPSA) is 78.8 Å². The normalized spacial score (nSPS) is 10.3. The van der Waals surface area contributed by atoms with Gasteiger partial charge >= 0.3 is 5.97 Å². The van der Waals surface area contributed by atoms with Crippen molar-refractivity contribution < 1.29 is 19.7 Å². The molecule has 0 amide bonds. The molecule has 0 aromatic heterocycles. The summed E-state index contributed by atoms with van der Waals surface area (Å²) in [5.41, 5.74) is 3.47. The van der Waals surface area contributed by atoms with E-state index >= 15 is 0 Å². The Hall–Kier alpha value is -3.47. The minimum absolute atomic E-state index is 0.108. The smallest absolute Gasteiger partial charge is 0.339 e. The van der Waals surface area contributed by atoms with E-state index in [4.69, 9.17) is 9.84 Å². The van der Waals surface area contributed by atoms with Crippen LogP contribution in [0.5, 0.6) is 11.5 Å². The third-order valence-electron chi connectivity index (χ3n) is 4.04. The number of phenols is 1. The summed E-state index contributed by atoms with van der Waals surface area (Å²) in [5.74, 6) is -0.690. The van der Waals surface area contributed by atoms with Crippen molar-refractivity contribution in [3.8, 4) is 11.5 Å². The summed E-state index contributed by atoms with van der Waals surface area (Å²) in [4.78, 5) is 11.2. The molecule has 0 spiro atoms. The van der Waals surface area contributed by atoms with Gasteiger partial charge in [-0.1, -0.05) is 30.3 Å². The Bertz CT molecular complexity index is 923. The summed E-state index contributed by atoms with van der Waals surface area (Å²) < 4.78 is 5.49. The Morgan fingerprint density at radius 1 is 1.00 bits per heavy atom. The third-order valence-corrected chi connectivity index (χ3v) is 4.04. The number of rotatable bonds is 6. The maximum atomic E-state index is 11.2. The van der Waals surface area contributed by atoms with Crippen molar-refractivity contribution in [2.45, 2.75) is 6.42 Å². The molecular weight excluding hydrogens is 330 g/mol. The number of nitrogens with one attached hydrogen (secondary N) is 1. The van der Waals surface area contributed by atoms with Crippen LogP contribution in [0.1, 0.15) is 21.5 Å². The van der Waals surface area contributed by atoms with Crippen LogP contribution in [0.2, 0.25) is 0 Å². The van der Waals surface area contributed by atoms with Crippen LogP contribution < -0.4 is 10.1 Å². The van der Waals surface area contributed by atoms with E-state index in [0.717, 1.165) is 22.5 Å². The van der Waals surface area contributed by atoms with Gasteiger partial charge in [0.05, 0.1) is 7.11 Å². The number of para-hydroxylation sites is 1. The molecule has 0 aliphatic carbocycles. The van der Waals surface area contributed by atoms with Crippen LogP contribution in [-0.4, -0.2) is 23.3 Å². The van der Waals surface area contributed by atoms with Gasteiger partial charge in [-0.15, -0.1) is 0 Å². The van der Waals surface area contributed by atoms with Crippen LogP contribution >= 0.6 is 0 Å². The van der Waals surface area contributed by atoms with E-state index in [1.54, 1.807) is 13.2 Å². The molecule has 3 rings (SSSR count). The van der Waals surface area contributed by atoms with Crippen LogP contribution in [0.15, 0.2) is 66.7 Å². The van der Waals surface area contributed by atoms with E-state index in [1.807, 2.05) is 48.5 Å². The van der Waals surface area contributed by atoms with Crippen LogP contribution in [0, 0.1) is 0 Å². The minimum Gasteiger partial charge on any atom is -0.507 e. The summed E-state index contributed by atoms with van der Waals surface area (Å²) in [6, 6.07) is 20.2. The largest absolute Gasteiger partial charge is 0.507 e. The fourth-order valence-electron chi connectivity index (χ4n) is 2.74. The molecule has 0 saturated heterocycles. The number of hydrogen-bond donors (Lipinski definition) is 3. The quantitative estimate of drug-likeness (QED) is 0.613. The van der Waals surface area contributed by atoms with E-state index in [1.165, 1.54) is 12.1 Å². The van der Waals surface area contributed by atoms with E-state index in [9.17, 15) is 9.90 Å². The zero-order chi connectivity index (χ0) is 18.5. The van der Waals surface area contributed by atoms with Gasteiger partial charge in [-0.25, -0.2) is 4.79 Å². The Morgan fingerprint density at radius 2 is 1.77 bits per heavy atom. The van der Waals surface area contributed by atoms with Crippen LogP contribution in [0.25, 0.3) is 0 Å². The summed E-state index contributed by atoms with van der Waals surface area (Å²) >= 11 is 0. The minimum atomic E-state index is -1.15. The van der Waals surface area contributed by atoms with Crippen LogP contribution in [0.3, 0.4) is 0 Å². The lowest BCUT2D eigenvalue weighted by Gasteiger charge is -2.13. The van der Waals surface area contributed by atoms with Gasteiger partial charge in [0, 0.05) is 23.9 Å². The summed E-state index contributed by atoms with van der Waals surface area (Å²) in [6.45, 7) is 0. The molecule has 0 aliphatic heterocycles. The summed E-state index contributed by atoms with van der Waals surface area (Å²) in [6.07, 6.45) is 0.495. The molecule has 0 atom stereocenters. The number of anilines is 2. The molecule has 0 fully saturated rings. The third kappa shape index (κ3) is 3.95. The highest BCUT2D eigenvalue weighted by Gasteiger charge is 2.12. The number of carboxylic acids is 1. The monoisotopic (exact) mass is 349 g/mol. The van der Waals surface area contributed by atoms with Gasteiger partial charge in [-0.2, -0.15) is 0 Å². The van der Waals surface area contributed by atoms with Gasteiger partial charge in [0.15, 0.2) is 0 Å². The van der Waals surface area contributed by atoms with Crippen molar-refractivity contribution >= 4 is 17.3 Å². The van der Waals surface area contributed by atoms with Gasteiger partial charge in [-0.05, 0) is 41.5 Å².